The van der Waals surface area contributed by atoms with Crippen LogP contribution < -0.4 is 4.90 Å². The van der Waals surface area contributed by atoms with Crippen molar-refractivity contribution in [2.75, 3.05) is 18.0 Å². The number of unbranched alkanes of at least 4 members (excludes halogenated alkanes) is 10. The quantitative estimate of drug-likeness (QED) is 0.227. The van der Waals surface area contributed by atoms with Crippen LogP contribution >= 0.6 is 11.6 Å². The second-order valence-corrected chi connectivity index (χ2v) is 7.67. The van der Waals surface area contributed by atoms with E-state index in [0.717, 1.165) is 18.8 Å². The van der Waals surface area contributed by atoms with E-state index < -0.39 is 0 Å². The number of rotatable bonds is 15. The third-order valence-corrected chi connectivity index (χ3v) is 5.27. The molecule has 1 rings (SSSR count). The van der Waals surface area contributed by atoms with E-state index >= 15 is 0 Å². The van der Waals surface area contributed by atoms with Crippen LogP contribution in [0.3, 0.4) is 0 Å². The highest BCUT2D eigenvalue weighted by Crippen LogP contribution is 2.30. The Bertz CT molecular complexity index is 509. The minimum Gasteiger partial charge on any atom is -0.371 e. The zero-order chi connectivity index (χ0) is 19.0. The largest absolute Gasteiger partial charge is 0.403 e. The Balaban J connectivity index is 2.52. The number of benzene rings is 1. The molecule has 0 saturated heterocycles. The summed E-state index contributed by atoms with van der Waals surface area (Å²) in [6.07, 6.45) is 15.7. The van der Waals surface area contributed by atoms with E-state index in [1.165, 1.54) is 77.0 Å². The molecule has 0 atom stereocenters. The van der Waals surface area contributed by atoms with Gasteiger partial charge in [0.25, 0.3) is 0 Å². The minimum atomic E-state index is 0.439. The molecule has 0 amide bonds. The van der Waals surface area contributed by atoms with Crippen molar-refractivity contribution in [2.24, 2.45) is 0 Å². The maximum Gasteiger partial charge on any atom is 0.403 e. The number of nitrogens with zero attached hydrogens (tertiary/aromatic N) is 3. The summed E-state index contributed by atoms with van der Waals surface area (Å²) >= 11 is 6.23. The predicted octanol–water partition coefficient (Wildman–Crippen LogP) is 8.35. The molecule has 0 heterocycles. The van der Waals surface area contributed by atoms with Crippen LogP contribution in [0.4, 0.5) is 11.4 Å². The Hall–Kier alpha value is -1.27. The molecule has 0 saturated carbocycles. The Morgan fingerprint density at radius 2 is 1.31 bits per heavy atom. The van der Waals surface area contributed by atoms with E-state index in [0.29, 0.717) is 10.7 Å². The summed E-state index contributed by atoms with van der Waals surface area (Å²) < 4.78 is 0. The average molecular weight is 379 g/mol. The molecule has 3 nitrogen and oxygen atoms in total. The molecule has 1 aromatic carbocycles. The monoisotopic (exact) mass is 378 g/mol. The number of halogens is 1. The van der Waals surface area contributed by atoms with Crippen LogP contribution in [0.1, 0.15) is 90.9 Å². The molecule has 0 aliphatic heterocycles. The number of anilines is 1. The predicted molar refractivity (Wildman–Crippen MR) is 115 cm³/mol. The Kier molecular flexibility index (Phi) is 13.0. The Morgan fingerprint density at radius 3 is 1.77 bits per heavy atom. The van der Waals surface area contributed by atoms with Crippen LogP contribution in [0, 0.1) is 5.39 Å². The average Bonchev–Trinajstić information content (AvgIpc) is 2.65. The first-order valence-corrected chi connectivity index (χ1v) is 11.0. The summed E-state index contributed by atoms with van der Waals surface area (Å²) in [4.78, 5) is 5.68. The van der Waals surface area contributed by atoms with Gasteiger partial charge in [0.05, 0.1) is 0 Å². The highest BCUT2D eigenvalue weighted by atomic mass is 35.5. The summed E-state index contributed by atoms with van der Waals surface area (Å²) in [5.41, 5.74) is 1.58. The van der Waals surface area contributed by atoms with Gasteiger partial charge in [-0.05, 0) is 25.0 Å². The van der Waals surface area contributed by atoms with Crippen LogP contribution in [0.25, 0.3) is 4.98 Å². The summed E-state index contributed by atoms with van der Waals surface area (Å²) in [6, 6.07) is 5.76. The molecule has 1 aromatic rings. The number of hydrogen-bond acceptors (Lipinski definition) is 2. The minimum absolute atomic E-state index is 0.439. The summed E-state index contributed by atoms with van der Waals surface area (Å²) in [5.74, 6) is 0. The van der Waals surface area contributed by atoms with Crippen molar-refractivity contribution in [1.82, 2.24) is 0 Å². The fourth-order valence-corrected chi connectivity index (χ4v) is 3.52. The number of diazo groups is 1. The maximum absolute atomic E-state index is 8.96. The third-order valence-electron chi connectivity index (χ3n) is 4.97. The first kappa shape index (κ1) is 22.8. The summed E-state index contributed by atoms with van der Waals surface area (Å²) in [7, 11) is 0. The summed E-state index contributed by atoms with van der Waals surface area (Å²) in [6.45, 7) is 6.67. The van der Waals surface area contributed by atoms with Crippen LogP contribution in [0.5, 0.6) is 0 Å². The van der Waals surface area contributed by atoms with Crippen molar-refractivity contribution in [1.29, 1.82) is 5.39 Å². The lowest BCUT2D eigenvalue weighted by atomic mass is 10.1. The molecule has 0 bridgehead atoms. The van der Waals surface area contributed by atoms with Crippen molar-refractivity contribution in [3.8, 4) is 0 Å². The molecule has 146 valence electrons. The van der Waals surface area contributed by atoms with E-state index in [4.69, 9.17) is 17.0 Å². The molecule has 0 aromatic heterocycles. The SMILES string of the molecule is CCCCCCCCN(CCCCCCCC)c1ccc([N+]#N)c(Cl)c1. The van der Waals surface area contributed by atoms with Gasteiger partial charge in [-0.15, -0.1) is 0 Å². The van der Waals surface area contributed by atoms with Crippen LogP contribution in [-0.4, -0.2) is 13.1 Å². The third kappa shape index (κ3) is 9.43. The zero-order valence-electron chi connectivity index (χ0n) is 16.9. The lowest BCUT2D eigenvalue weighted by Gasteiger charge is -2.25. The second-order valence-electron chi connectivity index (χ2n) is 7.26. The van der Waals surface area contributed by atoms with Crippen molar-refractivity contribution >= 4 is 23.0 Å². The Morgan fingerprint density at radius 1 is 0.808 bits per heavy atom. The summed E-state index contributed by atoms with van der Waals surface area (Å²) in [5, 5.41) is 9.48. The topological polar surface area (TPSA) is 31.4 Å². The second kappa shape index (κ2) is 14.9. The molecular weight excluding hydrogens is 342 g/mol. The highest BCUT2D eigenvalue weighted by Gasteiger charge is 2.15. The van der Waals surface area contributed by atoms with Gasteiger partial charge in [0.1, 0.15) is 5.02 Å². The lowest BCUT2D eigenvalue weighted by Crippen LogP contribution is -2.25. The Labute approximate surface area is 165 Å². The van der Waals surface area contributed by atoms with E-state index in [1.54, 1.807) is 6.07 Å². The van der Waals surface area contributed by atoms with E-state index in [2.05, 4.69) is 23.7 Å². The van der Waals surface area contributed by atoms with Gasteiger partial charge in [-0.2, -0.15) is 0 Å². The van der Waals surface area contributed by atoms with Gasteiger partial charge in [0.2, 0.25) is 5.39 Å². The van der Waals surface area contributed by atoms with Gasteiger partial charge >= 0.3 is 5.69 Å². The van der Waals surface area contributed by atoms with Gasteiger partial charge in [-0.1, -0.05) is 89.7 Å². The molecule has 0 N–H and O–H groups in total. The fourth-order valence-electron chi connectivity index (χ4n) is 3.31. The molecule has 0 fully saturated rings. The van der Waals surface area contributed by atoms with Crippen molar-refractivity contribution in [2.45, 2.75) is 90.9 Å². The normalized spacial score (nSPS) is 10.7. The zero-order valence-corrected chi connectivity index (χ0v) is 17.6. The molecule has 0 aliphatic rings. The molecule has 0 aliphatic carbocycles. The van der Waals surface area contributed by atoms with Crippen LogP contribution in [0.2, 0.25) is 5.02 Å². The molecule has 26 heavy (non-hydrogen) atoms. The molecule has 0 unspecified atom stereocenters. The van der Waals surface area contributed by atoms with Crippen molar-refractivity contribution in [3.05, 3.63) is 28.2 Å². The first-order valence-electron chi connectivity index (χ1n) is 10.6. The molecule has 4 heteroatoms. The van der Waals surface area contributed by atoms with Crippen LogP contribution in [-0.2, 0) is 0 Å². The van der Waals surface area contributed by atoms with Crippen LogP contribution in [0.15, 0.2) is 18.2 Å². The van der Waals surface area contributed by atoms with Crippen molar-refractivity contribution in [3.63, 3.8) is 0 Å². The molecular formula is C22H37ClN3+. The van der Waals surface area contributed by atoms with Crippen molar-refractivity contribution < 1.29 is 0 Å². The van der Waals surface area contributed by atoms with E-state index in [9.17, 15) is 0 Å². The van der Waals surface area contributed by atoms with Gasteiger partial charge in [0, 0.05) is 24.8 Å². The van der Waals surface area contributed by atoms with Gasteiger partial charge < -0.3 is 4.90 Å². The number of hydrogen-bond donors (Lipinski definition) is 0. The lowest BCUT2D eigenvalue weighted by molar-refractivity contribution is 0.575. The fraction of sp³-hybridized carbons (Fsp3) is 0.727. The van der Waals surface area contributed by atoms with Gasteiger partial charge in [-0.3, -0.25) is 0 Å². The molecule has 0 radical (unpaired) electrons. The van der Waals surface area contributed by atoms with E-state index in [1.807, 2.05) is 12.1 Å². The van der Waals surface area contributed by atoms with E-state index in [-0.39, 0.29) is 0 Å². The molecule has 0 spiro atoms. The first-order chi connectivity index (χ1) is 12.7. The van der Waals surface area contributed by atoms with Gasteiger partial charge in [-0.25, -0.2) is 0 Å². The maximum atomic E-state index is 8.96. The standard InChI is InChI=1S/C22H37ClN3/c1-3-5-7-9-11-13-17-26(18-14-12-10-8-6-4-2)20-15-16-22(25-24)21(23)19-20/h15-16,19H,3-14,17-18H2,1-2H3/q+1. The smallest absolute Gasteiger partial charge is 0.371 e. The highest BCUT2D eigenvalue weighted by molar-refractivity contribution is 6.33. The van der Waals surface area contributed by atoms with Gasteiger partial charge in [0.15, 0.2) is 4.98 Å².